The van der Waals surface area contributed by atoms with Gasteiger partial charge >= 0.3 is 0 Å². The Balaban J connectivity index is 1.13. The van der Waals surface area contributed by atoms with E-state index in [0.29, 0.717) is 13.1 Å². The zero-order valence-corrected chi connectivity index (χ0v) is 24.0. The second-order valence-electron chi connectivity index (χ2n) is 11.6. The van der Waals surface area contributed by atoms with Gasteiger partial charge in [0.2, 0.25) is 0 Å². The second-order valence-corrected chi connectivity index (χ2v) is 13.9. The molecule has 0 amide bonds. The fraction of sp³-hybridized carbons (Fsp3) is 0.324. The van der Waals surface area contributed by atoms with Gasteiger partial charge in [-0.05, 0) is 82.6 Å². The van der Waals surface area contributed by atoms with Crippen molar-refractivity contribution < 1.29 is 13.2 Å². The maximum absolute atomic E-state index is 11.8. The lowest BCUT2D eigenvalue weighted by Crippen LogP contribution is -2.40. The van der Waals surface area contributed by atoms with Gasteiger partial charge in [0, 0.05) is 68.6 Å². The zero-order valence-electron chi connectivity index (χ0n) is 23.2. The number of hydrogen-bond acceptors (Lipinski definition) is 6. The normalized spacial score (nSPS) is 19.3. The minimum atomic E-state index is -2.88. The van der Waals surface area contributed by atoms with Crippen molar-refractivity contribution in [1.29, 1.82) is 0 Å². The second kappa shape index (κ2) is 10.6. The molecule has 6 nitrogen and oxygen atoms in total. The Morgan fingerprint density at radius 1 is 0.756 bits per heavy atom. The quantitative estimate of drug-likeness (QED) is 0.309. The minimum Gasteiger partial charge on any atom is -0.381 e. The van der Waals surface area contributed by atoms with Gasteiger partial charge in [0.15, 0.2) is 9.84 Å². The standard InChI is InChI=1S/C34H35N3O3S/c38-41(39)21-17-36(18-22-41)31-8-1-26(2-9-31)24-37-25-34(13-19-40-20-14-34)32-23-30(7-10-33(32)37)28-5-3-27(4-6-28)29-11-15-35-16-12-29/h1-12,15-16,23H,13-14,17-22,24-25H2. The van der Waals surface area contributed by atoms with Gasteiger partial charge in [0.25, 0.3) is 0 Å². The van der Waals surface area contributed by atoms with Gasteiger partial charge in [-0.3, -0.25) is 4.98 Å². The maximum Gasteiger partial charge on any atom is 0.153 e. The molecule has 41 heavy (non-hydrogen) atoms. The van der Waals surface area contributed by atoms with E-state index in [1.54, 1.807) is 0 Å². The van der Waals surface area contributed by atoms with E-state index in [2.05, 4.69) is 81.5 Å². The third kappa shape index (κ3) is 5.24. The van der Waals surface area contributed by atoms with Crippen LogP contribution in [0.5, 0.6) is 0 Å². The summed E-state index contributed by atoms with van der Waals surface area (Å²) in [6, 6.07) is 28.6. The van der Waals surface area contributed by atoms with Crippen molar-refractivity contribution >= 4 is 21.2 Å². The lowest BCUT2D eigenvalue weighted by molar-refractivity contribution is 0.0553. The number of ether oxygens (including phenoxy) is 1. The highest BCUT2D eigenvalue weighted by molar-refractivity contribution is 7.91. The first-order valence-corrected chi connectivity index (χ1v) is 16.3. The summed E-state index contributed by atoms with van der Waals surface area (Å²) in [4.78, 5) is 8.86. The summed E-state index contributed by atoms with van der Waals surface area (Å²) < 4.78 is 29.5. The molecule has 1 aromatic heterocycles. The molecular formula is C34H35N3O3S. The molecule has 3 aromatic carbocycles. The Kier molecular flexibility index (Phi) is 6.79. The average molecular weight is 566 g/mol. The zero-order chi connectivity index (χ0) is 27.9. The SMILES string of the molecule is O=S1(=O)CCN(c2ccc(CN3CC4(CCOCC4)c4cc(-c5ccc(-c6ccncc6)cc5)ccc43)cc2)CC1. The molecule has 4 aromatic rings. The highest BCUT2D eigenvalue weighted by atomic mass is 32.2. The summed E-state index contributed by atoms with van der Waals surface area (Å²) in [5.41, 5.74) is 10.1. The van der Waals surface area contributed by atoms with Crippen molar-refractivity contribution in [3.8, 4) is 22.3 Å². The van der Waals surface area contributed by atoms with E-state index in [1.165, 1.54) is 39.1 Å². The summed E-state index contributed by atoms with van der Waals surface area (Å²) in [6.07, 6.45) is 5.75. The molecule has 4 heterocycles. The van der Waals surface area contributed by atoms with E-state index in [4.69, 9.17) is 4.74 Å². The number of rotatable bonds is 5. The van der Waals surface area contributed by atoms with Crippen LogP contribution in [0.4, 0.5) is 11.4 Å². The van der Waals surface area contributed by atoms with Gasteiger partial charge in [-0.25, -0.2) is 8.42 Å². The van der Waals surface area contributed by atoms with Crippen LogP contribution in [0.15, 0.2) is 91.3 Å². The molecule has 2 saturated heterocycles. The molecule has 3 aliphatic rings. The smallest absolute Gasteiger partial charge is 0.153 e. The summed E-state index contributed by atoms with van der Waals surface area (Å²) in [6.45, 7) is 4.60. The van der Waals surface area contributed by atoms with Crippen molar-refractivity contribution in [1.82, 2.24) is 4.98 Å². The summed E-state index contributed by atoms with van der Waals surface area (Å²) >= 11 is 0. The number of anilines is 2. The lowest BCUT2D eigenvalue weighted by Gasteiger charge is -2.34. The van der Waals surface area contributed by atoms with Gasteiger partial charge in [-0.15, -0.1) is 0 Å². The van der Waals surface area contributed by atoms with Gasteiger partial charge in [-0.2, -0.15) is 0 Å². The van der Waals surface area contributed by atoms with E-state index < -0.39 is 9.84 Å². The minimum absolute atomic E-state index is 0.111. The van der Waals surface area contributed by atoms with Crippen LogP contribution < -0.4 is 9.80 Å². The average Bonchev–Trinajstić information content (AvgIpc) is 3.29. The first-order valence-electron chi connectivity index (χ1n) is 14.5. The van der Waals surface area contributed by atoms with Crippen LogP contribution in [-0.4, -0.2) is 57.8 Å². The Bertz CT molecular complexity index is 1620. The molecule has 0 N–H and O–H groups in total. The highest BCUT2D eigenvalue weighted by Gasteiger charge is 2.43. The molecule has 0 unspecified atom stereocenters. The van der Waals surface area contributed by atoms with Crippen LogP contribution >= 0.6 is 0 Å². The topological polar surface area (TPSA) is 62.7 Å². The van der Waals surface area contributed by atoms with E-state index >= 15 is 0 Å². The first kappa shape index (κ1) is 26.2. The Morgan fingerprint density at radius 2 is 1.37 bits per heavy atom. The van der Waals surface area contributed by atoms with E-state index in [0.717, 1.165) is 44.8 Å². The highest BCUT2D eigenvalue weighted by Crippen LogP contribution is 2.48. The van der Waals surface area contributed by atoms with Crippen molar-refractivity contribution in [3.63, 3.8) is 0 Å². The number of nitrogens with zero attached hydrogens (tertiary/aromatic N) is 3. The number of aromatic nitrogens is 1. The van der Waals surface area contributed by atoms with Crippen molar-refractivity contribution in [2.45, 2.75) is 24.8 Å². The monoisotopic (exact) mass is 565 g/mol. The number of hydrogen-bond donors (Lipinski definition) is 0. The predicted molar refractivity (Wildman–Crippen MR) is 165 cm³/mol. The molecule has 210 valence electrons. The Labute approximate surface area is 242 Å². The molecular weight excluding hydrogens is 530 g/mol. The predicted octanol–water partition coefficient (Wildman–Crippen LogP) is 5.72. The number of sulfone groups is 1. The van der Waals surface area contributed by atoms with Crippen molar-refractivity contribution in [2.75, 3.05) is 54.2 Å². The Morgan fingerprint density at radius 3 is 2.05 bits per heavy atom. The number of benzene rings is 3. The van der Waals surface area contributed by atoms with E-state index in [9.17, 15) is 8.42 Å². The largest absolute Gasteiger partial charge is 0.381 e. The molecule has 0 radical (unpaired) electrons. The van der Waals surface area contributed by atoms with Crippen LogP contribution in [0.2, 0.25) is 0 Å². The molecule has 0 saturated carbocycles. The summed E-state index contributed by atoms with van der Waals surface area (Å²) in [5, 5.41) is 0. The molecule has 7 heteroatoms. The molecule has 0 bridgehead atoms. The fourth-order valence-corrected chi connectivity index (χ4v) is 7.89. The molecule has 2 fully saturated rings. The van der Waals surface area contributed by atoms with Crippen molar-refractivity contribution in [2.24, 2.45) is 0 Å². The van der Waals surface area contributed by atoms with Gasteiger partial charge in [0.05, 0.1) is 11.5 Å². The first-order chi connectivity index (χ1) is 20.0. The third-order valence-corrected chi connectivity index (χ3v) is 10.7. The number of fused-ring (bicyclic) bond motifs is 2. The van der Waals surface area contributed by atoms with Crippen LogP contribution in [0.25, 0.3) is 22.3 Å². The number of pyridine rings is 1. The Hall–Kier alpha value is -3.68. The van der Waals surface area contributed by atoms with Crippen LogP contribution in [0.1, 0.15) is 24.0 Å². The van der Waals surface area contributed by atoms with Crippen LogP contribution in [0.3, 0.4) is 0 Å². The summed E-state index contributed by atoms with van der Waals surface area (Å²) in [5.74, 6) is 0.476. The third-order valence-electron chi connectivity index (χ3n) is 9.10. The molecule has 0 atom stereocenters. The van der Waals surface area contributed by atoms with Gasteiger partial charge in [-0.1, -0.05) is 42.5 Å². The van der Waals surface area contributed by atoms with Crippen LogP contribution in [0, 0.1) is 0 Å². The maximum atomic E-state index is 11.8. The van der Waals surface area contributed by atoms with Gasteiger partial charge < -0.3 is 14.5 Å². The van der Waals surface area contributed by atoms with E-state index in [1.807, 2.05) is 24.5 Å². The fourth-order valence-electron chi connectivity index (χ4n) is 6.69. The molecule has 3 aliphatic heterocycles. The van der Waals surface area contributed by atoms with Gasteiger partial charge in [0.1, 0.15) is 0 Å². The molecule has 0 aliphatic carbocycles. The summed E-state index contributed by atoms with van der Waals surface area (Å²) in [7, 11) is -2.88. The molecule has 1 spiro atoms. The van der Waals surface area contributed by atoms with Crippen LogP contribution in [-0.2, 0) is 26.5 Å². The van der Waals surface area contributed by atoms with Crippen molar-refractivity contribution in [3.05, 3.63) is 102 Å². The lowest BCUT2D eigenvalue weighted by atomic mass is 9.75. The van der Waals surface area contributed by atoms with E-state index in [-0.39, 0.29) is 16.9 Å². The molecule has 7 rings (SSSR count).